The number of hydrogen-bond acceptors (Lipinski definition) is 7. The summed E-state index contributed by atoms with van der Waals surface area (Å²) in [6.07, 6.45) is -2.15. The van der Waals surface area contributed by atoms with Crippen molar-refractivity contribution in [2.45, 2.75) is 32.0 Å². The van der Waals surface area contributed by atoms with Crippen molar-refractivity contribution >= 4 is 28.6 Å². The van der Waals surface area contributed by atoms with Crippen molar-refractivity contribution in [2.75, 3.05) is 12.9 Å². The maximum Gasteiger partial charge on any atom is 0.305 e. The summed E-state index contributed by atoms with van der Waals surface area (Å²) >= 11 is 0.935. The molecule has 0 amide bonds. The molecule has 7 heteroatoms. The molecule has 2 unspecified atom stereocenters. The van der Waals surface area contributed by atoms with E-state index in [9.17, 15) is 24.6 Å². The molecular formula is C16H20O6S. The number of methoxy groups -OCH3 is 1. The van der Waals surface area contributed by atoms with Crippen molar-refractivity contribution in [1.82, 2.24) is 0 Å². The molecule has 0 fully saturated rings. The SMILES string of the molecule is COC(=O)CCC(=O)c1ccc(C(O)C(O)CSC(C)=O)cc1. The molecule has 0 aliphatic heterocycles. The lowest BCUT2D eigenvalue weighted by Crippen LogP contribution is -2.21. The average Bonchev–Trinajstić information content (AvgIpc) is 2.56. The van der Waals surface area contributed by atoms with Gasteiger partial charge in [0.15, 0.2) is 10.9 Å². The first-order valence-corrected chi connectivity index (χ1v) is 8.03. The van der Waals surface area contributed by atoms with Crippen molar-refractivity contribution in [3.63, 3.8) is 0 Å². The number of benzene rings is 1. The highest BCUT2D eigenvalue weighted by molar-refractivity contribution is 8.13. The Morgan fingerprint density at radius 3 is 2.26 bits per heavy atom. The van der Waals surface area contributed by atoms with E-state index in [1.165, 1.54) is 38.3 Å². The summed E-state index contributed by atoms with van der Waals surface area (Å²) in [7, 11) is 1.26. The predicted molar refractivity (Wildman–Crippen MR) is 86.1 cm³/mol. The number of thioether (sulfide) groups is 1. The number of carbonyl (C=O) groups excluding carboxylic acids is 3. The molecule has 0 aliphatic rings. The maximum atomic E-state index is 11.9. The van der Waals surface area contributed by atoms with Crippen LogP contribution in [0.5, 0.6) is 0 Å². The zero-order chi connectivity index (χ0) is 17.4. The van der Waals surface area contributed by atoms with Crippen LogP contribution in [0.2, 0.25) is 0 Å². The average molecular weight is 340 g/mol. The van der Waals surface area contributed by atoms with Crippen LogP contribution < -0.4 is 0 Å². The maximum absolute atomic E-state index is 11.9. The molecule has 23 heavy (non-hydrogen) atoms. The van der Waals surface area contributed by atoms with E-state index >= 15 is 0 Å². The summed E-state index contributed by atoms with van der Waals surface area (Å²) in [6, 6.07) is 6.14. The Kier molecular flexibility index (Phi) is 7.94. The molecular weight excluding hydrogens is 320 g/mol. The summed E-state index contributed by atoms with van der Waals surface area (Å²) in [5.41, 5.74) is 0.864. The fourth-order valence-electron chi connectivity index (χ4n) is 1.84. The van der Waals surface area contributed by atoms with E-state index in [1.807, 2.05) is 0 Å². The largest absolute Gasteiger partial charge is 0.469 e. The first-order valence-electron chi connectivity index (χ1n) is 7.04. The smallest absolute Gasteiger partial charge is 0.305 e. The molecule has 0 radical (unpaired) electrons. The molecule has 2 N–H and O–H groups in total. The molecule has 1 aromatic carbocycles. The Labute approximate surface area is 138 Å². The van der Waals surface area contributed by atoms with Gasteiger partial charge in [0.05, 0.1) is 19.6 Å². The molecule has 0 aliphatic carbocycles. The third-order valence-corrected chi connectivity index (χ3v) is 4.09. The van der Waals surface area contributed by atoms with Crippen LogP contribution in [0.25, 0.3) is 0 Å². The van der Waals surface area contributed by atoms with Gasteiger partial charge in [0.1, 0.15) is 6.10 Å². The Morgan fingerprint density at radius 1 is 1.13 bits per heavy atom. The topological polar surface area (TPSA) is 101 Å². The van der Waals surface area contributed by atoms with Gasteiger partial charge in [-0.2, -0.15) is 0 Å². The van der Waals surface area contributed by atoms with Crippen LogP contribution in [0, 0.1) is 0 Å². The summed E-state index contributed by atoms with van der Waals surface area (Å²) in [4.78, 5) is 33.8. The number of ketones is 1. The number of hydrogen-bond donors (Lipinski definition) is 2. The molecule has 0 bridgehead atoms. The molecule has 6 nitrogen and oxygen atoms in total. The van der Waals surface area contributed by atoms with E-state index < -0.39 is 18.2 Å². The second-order valence-electron chi connectivity index (χ2n) is 4.94. The van der Waals surface area contributed by atoms with Crippen molar-refractivity contribution in [3.05, 3.63) is 35.4 Å². The lowest BCUT2D eigenvalue weighted by Gasteiger charge is -2.17. The Balaban J connectivity index is 2.62. The van der Waals surface area contributed by atoms with Crippen LogP contribution in [0.3, 0.4) is 0 Å². The summed E-state index contributed by atoms with van der Waals surface area (Å²) in [6.45, 7) is 1.39. The molecule has 0 saturated heterocycles. The molecule has 126 valence electrons. The third kappa shape index (κ3) is 6.52. The van der Waals surface area contributed by atoms with E-state index in [1.54, 1.807) is 0 Å². The number of esters is 1. The van der Waals surface area contributed by atoms with Gasteiger partial charge in [0.2, 0.25) is 0 Å². The van der Waals surface area contributed by atoms with Gasteiger partial charge in [-0.05, 0) is 5.56 Å². The van der Waals surface area contributed by atoms with Crippen molar-refractivity contribution in [1.29, 1.82) is 0 Å². The fourth-order valence-corrected chi connectivity index (χ4v) is 2.43. The monoisotopic (exact) mass is 340 g/mol. The van der Waals surface area contributed by atoms with Gasteiger partial charge in [-0.1, -0.05) is 36.0 Å². The van der Waals surface area contributed by atoms with Gasteiger partial charge in [0.25, 0.3) is 0 Å². The van der Waals surface area contributed by atoms with Crippen molar-refractivity contribution < 1.29 is 29.3 Å². The molecule has 1 aromatic rings. The van der Waals surface area contributed by atoms with E-state index in [2.05, 4.69) is 4.74 Å². The number of aliphatic hydroxyl groups is 2. The van der Waals surface area contributed by atoms with Crippen LogP contribution in [-0.4, -0.2) is 46.0 Å². The van der Waals surface area contributed by atoms with Gasteiger partial charge in [-0.15, -0.1) is 0 Å². The van der Waals surface area contributed by atoms with Crippen molar-refractivity contribution in [3.8, 4) is 0 Å². The standard InChI is InChI=1S/C16H20O6S/c1-10(17)23-9-14(19)16(21)12-5-3-11(4-6-12)13(18)7-8-15(20)22-2/h3-6,14,16,19,21H,7-9H2,1-2H3. The second kappa shape index (κ2) is 9.44. The predicted octanol–water partition coefficient (Wildman–Crippen LogP) is 1.50. The third-order valence-electron chi connectivity index (χ3n) is 3.18. The number of aliphatic hydroxyl groups excluding tert-OH is 2. The molecule has 0 aromatic heterocycles. The Morgan fingerprint density at radius 2 is 1.74 bits per heavy atom. The Bertz CT molecular complexity index is 554. The minimum atomic E-state index is -1.14. The van der Waals surface area contributed by atoms with Crippen LogP contribution in [-0.2, 0) is 14.3 Å². The molecule has 0 heterocycles. The second-order valence-corrected chi connectivity index (χ2v) is 6.13. The lowest BCUT2D eigenvalue weighted by atomic mass is 10.0. The molecule has 1 rings (SSSR count). The molecule has 0 saturated carbocycles. The van der Waals surface area contributed by atoms with E-state index in [0.717, 1.165) is 11.8 Å². The zero-order valence-electron chi connectivity index (χ0n) is 13.0. The van der Waals surface area contributed by atoms with Crippen LogP contribution in [0.4, 0.5) is 0 Å². The summed E-state index contributed by atoms with van der Waals surface area (Å²) < 4.78 is 4.48. The first-order chi connectivity index (χ1) is 10.8. The van der Waals surface area contributed by atoms with Gasteiger partial charge >= 0.3 is 5.97 Å². The highest BCUT2D eigenvalue weighted by Gasteiger charge is 2.19. The summed E-state index contributed by atoms with van der Waals surface area (Å²) in [5, 5.41) is 19.7. The highest BCUT2D eigenvalue weighted by Crippen LogP contribution is 2.21. The van der Waals surface area contributed by atoms with Crippen molar-refractivity contribution in [2.24, 2.45) is 0 Å². The highest BCUT2D eigenvalue weighted by atomic mass is 32.2. The number of ether oxygens (including phenoxy) is 1. The van der Waals surface area contributed by atoms with Gasteiger partial charge in [0, 0.05) is 24.7 Å². The minimum Gasteiger partial charge on any atom is -0.469 e. The van der Waals surface area contributed by atoms with Crippen LogP contribution in [0.15, 0.2) is 24.3 Å². The first kappa shape index (κ1) is 19.3. The van der Waals surface area contributed by atoms with Gasteiger partial charge in [-0.3, -0.25) is 14.4 Å². The normalized spacial score (nSPS) is 13.2. The number of carbonyl (C=O) groups is 3. The van der Waals surface area contributed by atoms with Gasteiger partial charge in [-0.25, -0.2) is 0 Å². The number of Topliss-reactive ketones (excluding diaryl/α,β-unsaturated/α-hetero) is 1. The molecule has 0 spiro atoms. The van der Waals surface area contributed by atoms with E-state index in [0.29, 0.717) is 11.1 Å². The lowest BCUT2D eigenvalue weighted by molar-refractivity contribution is -0.140. The molecule has 2 atom stereocenters. The summed E-state index contributed by atoms with van der Waals surface area (Å²) in [5.74, 6) is -0.559. The fraction of sp³-hybridized carbons (Fsp3) is 0.438. The van der Waals surface area contributed by atoms with Crippen LogP contribution in [0.1, 0.15) is 41.8 Å². The van der Waals surface area contributed by atoms with Gasteiger partial charge < -0.3 is 14.9 Å². The number of rotatable bonds is 8. The zero-order valence-corrected chi connectivity index (χ0v) is 13.8. The van der Waals surface area contributed by atoms with E-state index in [-0.39, 0.29) is 29.5 Å². The van der Waals surface area contributed by atoms with E-state index in [4.69, 9.17) is 0 Å². The Hall–Kier alpha value is -1.70. The van der Waals surface area contributed by atoms with Crippen LogP contribution >= 0.6 is 11.8 Å². The quantitative estimate of drug-likeness (QED) is 0.546. The minimum absolute atomic E-state index is 0.0146.